The lowest BCUT2D eigenvalue weighted by Crippen LogP contribution is -2.30. The molecule has 6 heteroatoms. The van der Waals surface area contributed by atoms with Crippen LogP contribution >= 0.6 is 0 Å². The van der Waals surface area contributed by atoms with E-state index in [1.807, 2.05) is 60.8 Å². The van der Waals surface area contributed by atoms with Gasteiger partial charge in [-0.1, -0.05) is 284 Å². The van der Waals surface area contributed by atoms with Gasteiger partial charge in [0.25, 0.3) is 0 Å². The number of allylic oxidation sites excluding steroid dienone is 18. The number of carbonyl (C=O) groups is 3. The molecular weight excluding hydrogens is 805 g/mol. The molecule has 0 aromatic carbocycles. The summed E-state index contributed by atoms with van der Waals surface area (Å²) in [5.41, 5.74) is 0. The van der Waals surface area contributed by atoms with Crippen molar-refractivity contribution < 1.29 is 28.6 Å². The van der Waals surface area contributed by atoms with E-state index in [1.54, 1.807) is 24.3 Å². The van der Waals surface area contributed by atoms with Crippen molar-refractivity contribution in [2.24, 2.45) is 0 Å². The standard InChI is InChI=1S/C59H94O6/c1-4-7-10-13-16-19-22-25-27-29-31-34-37-40-43-46-49-52-58(61)64-55-56(54-63-57(60)51-48-45-42-39-36-33-24-21-18-15-12-9-6-3)65-59(62)53-50-47-44-41-38-35-32-30-28-26-23-20-17-14-11-8-5-2/h27-32,34-35,37-38,40-41,43-44,46-47,49-50,52-53,56H,4-26,33,36,39,42,45,48,51,54-55H2,1-3H3/b29-27+,30-28+,34-31+,35-32+,40-37+,41-38+,46-43+,47-44+,52-49+,53-50+. The van der Waals surface area contributed by atoms with Crippen molar-refractivity contribution in [1.82, 2.24) is 0 Å². The first kappa shape index (κ1) is 60.8. The Hall–Kier alpha value is -4.19. The molecule has 0 aromatic heterocycles. The summed E-state index contributed by atoms with van der Waals surface area (Å²) >= 11 is 0. The van der Waals surface area contributed by atoms with E-state index in [1.165, 1.54) is 166 Å². The fraction of sp³-hybridized carbons (Fsp3) is 0.610. The van der Waals surface area contributed by atoms with Gasteiger partial charge in [-0.2, -0.15) is 0 Å². The van der Waals surface area contributed by atoms with Gasteiger partial charge in [0.1, 0.15) is 13.2 Å². The largest absolute Gasteiger partial charge is 0.462 e. The minimum Gasteiger partial charge on any atom is -0.462 e. The molecule has 0 rings (SSSR count). The Morgan fingerprint density at radius 3 is 1.05 bits per heavy atom. The molecule has 1 atom stereocenters. The molecule has 6 nitrogen and oxygen atoms in total. The lowest BCUT2D eigenvalue weighted by molar-refractivity contribution is -0.162. The normalized spacial score (nSPS) is 13.1. The van der Waals surface area contributed by atoms with Crippen LogP contribution in [-0.4, -0.2) is 37.2 Å². The van der Waals surface area contributed by atoms with Crippen LogP contribution < -0.4 is 0 Å². The molecule has 0 N–H and O–H groups in total. The van der Waals surface area contributed by atoms with Crippen LogP contribution in [-0.2, 0) is 28.6 Å². The monoisotopic (exact) mass is 899 g/mol. The van der Waals surface area contributed by atoms with Gasteiger partial charge in [0.2, 0.25) is 0 Å². The fourth-order valence-corrected chi connectivity index (χ4v) is 6.91. The van der Waals surface area contributed by atoms with Gasteiger partial charge in [0, 0.05) is 18.6 Å². The molecule has 0 amide bonds. The Balaban J connectivity index is 4.78. The molecule has 0 fully saturated rings. The Morgan fingerprint density at radius 2 is 0.646 bits per heavy atom. The van der Waals surface area contributed by atoms with Crippen molar-refractivity contribution in [2.75, 3.05) is 13.2 Å². The van der Waals surface area contributed by atoms with Gasteiger partial charge in [-0.3, -0.25) is 4.79 Å². The van der Waals surface area contributed by atoms with Crippen LogP contribution in [0.1, 0.15) is 213 Å². The third kappa shape index (κ3) is 50.7. The maximum atomic E-state index is 12.7. The third-order valence-corrected chi connectivity index (χ3v) is 10.8. The zero-order valence-electron chi connectivity index (χ0n) is 41.7. The highest BCUT2D eigenvalue weighted by Crippen LogP contribution is 2.14. The fourth-order valence-electron chi connectivity index (χ4n) is 6.91. The average Bonchev–Trinajstić information content (AvgIpc) is 3.30. The number of unbranched alkanes of at least 4 members (excludes halogenated alkanes) is 26. The van der Waals surface area contributed by atoms with Crippen molar-refractivity contribution in [3.63, 3.8) is 0 Å². The van der Waals surface area contributed by atoms with E-state index in [-0.39, 0.29) is 19.2 Å². The summed E-state index contributed by atoms with van der Waals surface area (Å²) in [6, 6.07) is 0. The molecule has 0 saturated heterocycles. The van der Waals surface area contributed by atoms with Crippen LogP contribution in [0.25, 0.3) is 0 Å². The van der Waals surface area contributed by atoms with Gasteiger partial charge in [-0.05, 0) is 32.1 Å². The van der Waals surface area contributed by atoms with E-state index in [9.17, 15) is 14.4 Å². The number of esters is 3. The lowest BCUT2D eigenvalue weighted by Gasteiger charge is -2.17. The first-order chi connectivity index (χ1) is 32.0. The minimum absolute atomic E-state index is 0.196. The molecule has 0 bridgehead atoms. The average molecular weight is 899 g/mol. The summed E-state index contributed by atoms with van der Waals surface area (Å²) < 4.78 is 16.4. The van der Waals surface area contributed by atoms with Crippen LogP contribution in [0.15, 0.2) is 122 Å². The highest BCUT2D eigenvalue weighted by Gasteiger charge is 2.18. The van der Waals surface area contributed by atoms with E-state index < -0.39 is 18.0 Å². The van der Waals surface area contributed by atoms with E-state index in [2.05, 4.69) is 45.1 Å². The second-order valence-corrected chi connectivity index (χ2v) is 17.1. The van der Waals surface area contributed by atoms with Crippen molar-refractivity contribution in [3.05, 3.63) is 122 Å². The Labute approximate surface area is 399 Å². The molecule has 65 heavy (non-hydrogen) atoms. The Bertz CT molecular complexity index is 1400. The highest BCUT2D eigenvalue weighted by molar-refractivity contribution is 5.83. The van der Waals surface area contributed by atoms with E-state index in [0.29, 0.717) is 6.42 Å². The molecule has 0 spiro atoms. The number of hydrogen-bond acceptors (Lipinski definition) is 6. The summed E-state index contributed by atoms with van der Waals surface area (Å²) in [5.74, 6) is -1.57. The lowest BCUT2D eigenvalue weighted by atomic mass is 10.0. The highest BCUT2D eigenvalue weighted by atomic mass is 16.6. The molecule has 0 aromatic rings. The maximum absolute atomic E-state index is 12.7. The number of hydrogen-bond donors (Lipinski definition) is 0. The predicted octanol–water partition coefficient (Wildman–Crippen LogP) is 17.3. The van der Waals surface area contributed by atoms with Crippen LogP contribution in [0.4, 0.5) is 0 Å². The maximum Gasteiger partial charge on any atom is 0.331 e. The first-order valence-electron chi connectivity index (χ1n) is 26.2. The molecule has 0 aliphatic heterocycles. The summed E-state index contributed by atoms with van der Waals surface area (Å²) in [6.07, 6.45) is 73.0. The zero-order valence-corrected chi connectivity index (χ0v) is 41.7. The number of rotatable bonds is 45. The summed E-state index contributed by atoms with van der Waals surface area (Å²) in [5, 5.41) is 0. The van der Waals surface area contributed by atoms with Gasteiger partial charge in [0.15, 0.2) is 6.10 Å². The van der Waals surface area contributed by atoms with Gasteiger partial charge < -0.3 is 14.2 Å². The molecule has 0 heterocycles. The van der Waals surface area contributed by atoms with Crippen LogP contribution in [0.3, 0.4) is 0 Å². The molecule has 0 saturated carbocycles. The number of carbonyl (C=O) groups excluding carboxylic acids is 3. The Morgan fingerprint density at radius 1 is 0.338 bits per heavy atom. The molecule has 1 unspecified atom stereocenters. The smallest absolute Gasteiger partial charge is 0.331 e. The summed E-state index contributed by atoms with van der Waals surface area (Å²) in [4.78, 5) is 37.7. The third-order valence-electron chi connectivity index (χ3n) is 10.8. The topological polar surface area (TPSA) is 78.9 Å². The van der Waals surface area contributed by atoms with E-state index in [4.69, 9.17) is 14.2 Å². The van der Waals surface area contributed by atoms with Gasteiger partial charge >= 0.3 is 17.9 Å². The van der Waals surface area contributed by atoms with Crippen LogP contribution in [0.5, 0.6) is 0 Å². The molecule has 0 aliphatic rings. The van der Waals surface area contributed by atoms with Crippen LogP contribution in [0, 0.1) is 0 Å². The predicted molar refractivity (Wildman–Crippen MR) is 279 cm³/mol. The molecule has 0 radical (unpaired) electrons. The summed E-state index contributed by atoms with van der Waals surface area (Å²) in [7, 11) is 0. The van der Waals surface area contributed by atoms with Gasteiger partial charge in [0.05, 0.1) is 0 Å². The molecule has 366 valence electrons. The van der Waals surface area contributed by atoms with Gasteiger partial charge in [-0.15, -0.1) is 0 Å². The number of ether oxygens (including phenoxy) is 3. The van der Waals surface area contributed by atoms with Crippen LogP contribution in [0.2, 0.25) is 0 Å². The van der Waals surface area contributed by atoms with Crippen molar-refractivity contribution in [1.29, 1.82) is 0 Å². The van der Waals surface area contributed by atoms with Gasteiger partial charge in [-0.25, -0.2) is 9.59 Å². The minimum atomic E-state index is -0.942. The summed E-state index contributed by atoms with van der Waals surface area (Å²) in [6.45, 7) is 6.32. The van der Waals surface area contributed by atoms with E-state index in [0.717, 1.165) is 32.1 Å². The van der Waals surface area contributed by atoms with Crippen molar-refractivity contribution >= 4 is 17.9 Å². The second kappa shape index (κ2) is 52.4. The quantitative estimate of drug-likeness (QED) is 0.0199. The second-order valence-electron chi connectivity index (χ2n) is 17.1. The van der Waals surface area contributed by atoms with Crippen molar-refractivity contribution in [2.45, 2.75) is 219 Å². The molecular formula is C59H94O6. The first-order valence-corrected chi connectivity index (χ1v) is 26.2. The zero-order chi connectivity index (χ0) is 47.2. The van der Waals surface area contributed by atoms with E-state index >= 15 is 0 Å². The van der Waals surface area contributed by atoms with Crippen molar-refractivity contribution in [3.8, 4) is 0 Å². The molecule has 0 aliphatic carbocycles. The Kier molecular flexibility index (Phi) is 49.1. The SMILES string of the molecule is CCCCCCCCC/C=C/C=C/C=C/C=C/C=C/C(=O)OCC(COC(=O)CCCCCCCCCCCCCCC)OC(=O)/C=C/C=C/C=C/C=C/C=C/CCCCCCCCC.